The zero-order valence-electron chi connectivity index (χ0n) is 16.3. The average Bonchev–Trinajstić information content (AvgIpc) is 2.67. The van der Waals surface area contributed by atoms with E-state index in [0.717, 1.165) is 23.2 Å². The molecule has 0 atom stereocenters. The number of methoxy groups -OCH3 is 4. The second-order valence-electron chi connectivity index (χ2n) is 5.51. The molecule has 2 rings (SSSR count). The van der Waals surface area contributed by atoms with E-state index in [4.69, 9.17) is 24.1 Å². The number of carboxylic acid groups (broad SMARTS) is 1. The van der Waals surface area contributed by atoms with Crippen LogP contribution in [0.3, 0.4) is 0 Å². The molecule has 2 aromatic carbocycles. The smallest absolute Gasteiger partial charge is 0.339 e. The van der Waals surface area contributed by atoms with E-state index in [1.807, 2.05) is 6.92 Å². The first-order valence-electron chi connectivity index (χ1n) is 7.96. The third-order valence-corrected chi connectivity index (χ3v) is 3.82. The SMILES string of the molecule is COc1cc(OC)c(C(=O)O)cc1C.COc1cc(OC)c(C=O)cc1C. The van der Waals surface area contributed by atoms with Gasteiger partial charge in [-0.3, -0.25) is 4.79 Å². The topological polar surface area (TPSA) is 91.3 Å². The van der Waals surface area contributed by atoms with Crippen LogP contribution < -0.4 is 18.9 Å². The molecule has 0 saturated carbocycles. The van der Waals surface area contributed by atoms with Crippen LogP contribution in [0.25, 0.3) is 0 Å². The lowest BCUT2D eigenvalue weighted by Crippen LogP contribution is -2.02. The van der Waals surface area contributed by atoms with E-state index < -0.39 is 5.97 Å². The Morgan fingerprint density at radius 2 is 1.22 bits per heavy atom. The number of aromatic carboxylic acids is 1. The van der Waals surface area contributed by atoms with Crippen molar-refractivity contribution in [1.29, 1.82) is 0 Å². The number of hydrogen-bond donors (Lipinski definition) is 1. The molecular weight excluding hydrogens is 352 g/mol. The van der Waals surface area contributed by atoms with Crippen molar-refractivity contribution in [2.75, 3.05) is 28.4 Å². The Balaban J connectivity index is 0.000000271. The summed E-state index contributed by atoms with van der Waals surface area (Å²) in [6, 6.07) is 6.54. The Morgan fingerprint density at radius 3 is 1.63 bits per heavy atom. The minimum atomic E-state index is -1.01. The van der Waals surface area contributed by atoms with Crippen molar-refractivity contribution in [2.45, 2.75) is 13.8 Å². The van der Waals surface area contributed by atoms with Crippen molar-refractivity contribution < 1.29 is 33.6 Å². The van der Waals surface area contributed by atoms with Crippen molar-refractivity contribution in [2.24, 2.45) is 0 Å². The lowest BCUT2D eigenvalue weighted by Gasteiger charge is -2.09. The number of carboxylic acids is 1. The Hall–Kier alpha value is -3.22. The molecule has 0 heterocycles. The van der Waals surface area contributed by atoms with Crippen LogP contribution in [0.2, 0.25) is 0 Å². The highest BCUT2D eigenvalue weighted by molar-refractivity contribution is 5.91. The fourth-order valence-electron chi connectivity index (χ4n) is 2.41. The fourth-order valence-corrected chi connectivity index (χ4v) is 2.41. The van der Waals surface area contributed by atoms with Gasteiger partial charge in [0.05, 0.1) is 34.0 Å². The maximum atomic E-state index is 10.8. The number of aryl methyl sites for hydroxylation is 2. The van der Waals surface area contributed by atoms with Gasteiger partial charge in [-0.25, -0.2) is 4.79 Å². The molecule has 0 aromatic heterocycles. The first-order valence-corrected chi connectivity index (χ1v) is 7.96. The van der Waals surface area contributed by atoms with Gasteiger partial charge < -0.3 is 24.1 Å². The second kappa shape index (κ2) is 10.1. The van der Waals surface area contributed by atoms with Gasteiger partial charge >= 0.3 is 5.97 Å². The van der Waals surface area contributed by atoms with Gasteiger partial charge in [-0.15, -0.1) is 0 Å². The average molecular weight is 376 g/mol. The highest BCUT2D eigenvalue weighted by atomic mass is 16.5. The van der Waals surface area contributed by atoms with E-state index in [1.165, 1.54) is 27.4 Å². The van der Waals surface area contributed by atoms with Crippen LogP contribution >= 0.6 is 0 Å². The Kier molecular flexibility index (Phi) is 8.13. The molecule has 0 unspecified atom stereocenters. The monoisotopic (exact) mass is 376 g/mol. The van der Waals surface area contributed by atoms with E-state index in [1.54, 1.807) is 32.2 Å². The Labute approximate surface area is 158 Å². The highest BCUT2D eigenvalue weighted by Gasteiger charge is 2.13. The molecule has 146 valence electrons. The molecular formula is C20H24O7. The van der Waals surface area contributed by atoms with Crippen molar-refractivity contribution in [1.82, 2.24) is 0 Å². The van der Waals surface area contributed by atoms with Gasteiger partial charge in [0, 0.05) is 12.1 Å². The predicted octanol–water partition coefficient (Wildman–Crippen LogP) is 3.54. The lowest BCUT2D eigenvalue weighted by molar-refractivity contribution is 0.0693. The van der Waals surface area contributed by atoms with Gasteiger partial charge in [0.1, 0.15) is 28.6 Å². The summed E-state index contributed by atoms with van der Waals surface area (Å²) in [5.41, 5.74) is 2.38. The summed E-state index contributed by atoms with van der Waals surface area (Å²) in [4.78, 5) is 21.4. The van der Waals surface area contributed by atoms with Gasteiger partial charge in [0.2, 0.25) is 0 Å². The van der Waals surface area contributed by atoms with Crippen LogP contribution in [-0.4, -0.2) is 45.8 Å². The van der Waals surface area contributed by atoms with Crippen molar-refractivity contribution >= 4 is 12.3 Å². The summed E-state index contributed by atoms with van der Waals surface area (Å²) < 4.78 is 20.1. The maximum absolute atomic E-state index is 10.8. The molecule has 7 heteroatoms. The van der Waals surface area contributed by atoms with Crippen molar-refractivity contribution in [3.63, 3.8) is 0 Å². The molecule has 0 spiro atoms. The number of rotatable bonds is 6. The van der Waals surface area contributed by atoms with Crippen molar-refractivity contribution in [3.8, 4) is 23.0 Å². The van der Waals surface area contributed by atoms with E-state index >= 15 is 0 Å². The lowest BCUT2D eigenvalue weighted by atomic mass is 10.1. The largest absolute Gasteiger partial charge is 0.496 e. The Bertz CT molecular complexity index is 812. The first kappa shape index (κ1) is 21.8. The molecule has 2 aromatic rings. The minimum absolute atomic E-state index is 0.144. The zero-order chi connectivity index (χ0) is 20.6. The van der Waals surface area contributed by atoms with Crippen LogP contribution in [-0.2, 0) is 0 Å². The van der Waals surface area contributed by atoms with E-state index in [-0.39, 0.29) is 5.56 Å². The quantitative estimate of drug-likeness (QED) is 0.771. The molecule has 0 amide bonds. The molecule has 7 nitrogen and oxygen atoms in total. The third kappa shape index (κ3) is 5.37. The third-order valence-electron chi connectivity index (χ3n) is 3.82. The van der Waals surface area contributed by atoms with Gasteiger partial charge in [0.15, 0.2) is 6.29 Å². The molecule has 0 saturated heterocycles. The van der Waals surface area contributed by atoms with Gasteiger partial charge in [0.25, 0.3) is 0 Å². The number of benzene rings is 2. The molecule has 0 radical (unpaired) electrons. The van der Waals surface area contributed by atoms with E-state index in [0.29, 0.717) is 22.8 Å². The van der Waals surface area contributed by atoms with E-state index in [9.17, 15) is 9.59 Å². The Morgan fingerprint density at radius 1 is 0.778 bits per heavy atom. The summed E-state index contributed by atoms with van der Waals surface area (Å²) in [6.07, 6.45) is 0.769. The summed E-state index contributed by atoms with van der Waals surface area (Å²) in [6.45, 7) is 3.66. The molecule has 1 N–H and O–H groups in total. The highest BCUT2D eigenvalue weighted by Crippen LogP contribution is 2.28. The number of hydrogen-bond acceptors (Lipinski definition) is 6. The normalized spacial score (nSPS) is 9.56. The molecule has 0 aliphatic heterocycles. The molecule has 0 bridgehead atoms. The fraction of sp³-hybridized carbons (Fsp3) is 0.300. The minimum Gasteiger partial charge on any atom is -0.496 e. The summed E-state index contributed by atoms with van der Waals surface area (Å²) in [5, 5.41) is 8.86. The number of carbonyl (C=O) groups excluding carboxylic acids is 1. The standard InChI is InChI=1S/C10H12O4.C10H12O3/c1-6-4-7(10(11)12)9(14-3)5-8(6)13-2;1-7-4-8(6-11)10(13-3)5-9(7)12-2/h4-5H,1-3H3,(H,11,12);4-6H,1-3H3. The maximum Gasteiger partial charge on any atom is 0.339 e. The van der Waals surface area contributed by atoms with Gasteiger partial charge in [-0.2, -0.15) is 0 Å². The number of ether oxygens (including phenoxy) is 4. The van der Waals surface area contributed by atoms with E-state index in [2.05, 4.69) is 0 Å². The van der Waals surface area contributed by atoms with Gasteiger partial charge in [-0.05, 0) is 37.1 Å². The number of aldehydes is 1. The second-order valence-corrected chi connectivity index (χ2v) is 5.51. The van der Waals surface area contributed by atoms with Gasteiger partial charge in [-0.1, -0.05) is 0 Å². The molecule has 0 fully saturated rings. The summed E-state index contributed by atoms with van der Waals surface area (Å²) in [5.74, 6) is 1.18. The van der Waals surface area contributed by atoms with Crippen LogP contribution in [0.5, 0.6) is 23.0 Å². The first-order chi connectivity index (χ1) is 12.8. The van der Waals surface area contributed by atoms with Crippen LogP contribution in [0.15, 0.2) is 24.3 Å². The van der Waals surface area contributed by atoms with Crippen LogP contribution in [0.1, 0.15) is 31.8 Å². The molecule has 27 heavy (non-hydrogen) atoms. The van der Waals surface area contributed by atoms with Crippen LogP contribution in [0, 0.1) is 13.8 Å². The molecule has 0 aliphatic carbocycles. The zero-order valence-corrected chi connectivity index (χ0v) is 16.3. The van der Waals surface area contributed by atoms with Crippen molar-refractivity contribution in [3.05, 3.63) is 46.5 Å². The van der Waals surface area contributed by atoms with Crippen LogP contribution in [0.4, 0.5) is 0 Å². The molecule has 0 aliphatic rings. The number of carbonyl (C=O) groups is 2. The summed E-state index contributed by atoms with van der Waals surface area (Å²) >= 11 is 0. The summed E-state index contributed by atoms with van der Waals surface area (Å²) in [7, 11) is 6.07. The predicted molar refractivity (Wildman–Crippen MR) is 101 cm³/mol.